The number of rotatable bonds is 12. The van der Waals surface area contributed by atoms with Crippen molar-refractivity contribution in [1.29, 1.82) is 0 Å². The van der Waals surface area contributed by atoms with Crippen molar-refractivity contribution in [2.75, 3.05) is 46.8 Å². The van der Waals surface area contributed by atoms with E-state index in [2.05, 4.69) is 24.3 Å². The monoisotopic (exact) mass is 464 g/mol. The van der Waals surface area contributed by atoms with E-state index in [4.69, 9.17) is 33.2 Å². The van der Waals surface area contributed by atoms with Crippen molar-refractivity contribution in [3.05, 3.63) is 59.7 Å². The molecule has 6 rings (SSSR count). The van der Waals surface area contributed by atoms with Crippen LogP contribution in [0.25, 0.3) is 10.8 Å². The van der Waals surface area contributed by atoms with Gasteiger partial charge in [-0.2, -0.15) is 0 Å². The van der Waals surface area contributed by atoms with Crippen molar-refractivity contribution < 1.29 is 33.2 Å². The van der Waals surface area contributed by atoms with Gasteiger partial charge in [0.2, 0.25) is 0 Å². The van der Waals surface area contributed by atoms with Gasteiger partial charge >= 0.3 is 0 Å². The van der Waals surface area contributed by atoms with Gasteiger partial charge in [0.05, 0.1) is 26.9 Å². The topological polar surface area (TPSA) is 74.5 Å². The number of hydrogen-bond acceptors (Lipinski definition) is 7. The summed E-state index contributed by atoms with van der Waals surface area (Å²) in [5.41, 5.74) is 2.07. The van der Waals surface area contributed by atoms with Crippen LogP contribution < -0.4 is 18.9 Å². The van der Waals surface area contributed by atoms with Gasteiger partial charge in [-0.15, -0.1) is 0 Å². The second kappa shape index (κ2) is 9.33. The third-order valence-corrected chi connectivity index (χ3v) is 6.16. The molecule has 3 fully saturated rings. The molecule has 34 heavy (non-hydrogen) atoms. The third kappa shape index (κ3) is 4.92. The number of fused-ring (bicyclic) bond motifs is 1. The lowest BCUT2D eigenvalue weighted by Gasteiger charge is -2.22. The highest BCUT2D eigenvalue weighted by molar-refractivity contribution is 5.97. The molecule has 0 bridgehead atoms. The SMILES string of the molecule is COc1ccc(Cc2c(OCC3CO3)c(OCC3CO3)c3ccccc3c2OCC2CO2)cc1. The molecule has 0 aromatic heterocycles. The summed E-state index contributed by atoms with van der Waals surface area (Å²) in [5, 5.41) is 1.95. The minimum atomic E-state index is 0.115. The summed E-state index contributed by atoms with van der Waals surface area (Å²) in [4.78, 5) is 0. The minimum absolute atomic E-state index is 0.115. The molecule has 178 valence electrons. The molecule has 3 atom stereocenters. The van der Waals surface area contributed by atoms with Gasteiger partial charge in [0.1, 0.15) is 49.6 Å². The van der Waals surface area contributed by atoms with Crippen LogP contribution in [0, 0.1) is 0 Å². The molecule has 0 saturated carbocycles. The van der Waals surface area contributed by atoms with E-state index < -0.39 is 0 Å². The van der Waals surface area contributed by atoms with Crippen LogP contribution in [-0.4, -0.2) is 65.1 Å². The highest BCUT2D eigenvalue weighted by Gasteiger charge is 2.31. The molecule has 0 N–H and O–H groups in total. The van der Waals surface area contributed by atoms with Crippen molar-refractivity contribution in [3.8, 4) is 23.0 Å². The normalized spacial score (nSPS) is 22.3. The molecule has 3 aliphatic heterocycles. The zero-order valence-electron chi connectivity index (χ0n) is 19.2. The predicted octanol–water partition coefficient (Wildman–Crippen LogP) is 3.77. The Hall–Kier alpha value is -3.00. The first kappa shape index (κ1) is 21.5. The van der Waals surface area contributed by atoms with Crippen LogP contribution >= 0.6 is 0 Å². The highest BCUT2D eigenvalue weighted by Crippen LogP contribution is 2.47. The number of benzene rings is 3. The van der Waals surface area contributed by atoms with Gasteiger partial charge in [-0.1, -0.05) is 36.4 Å². The first-order chi connectivity index (χ1) is 16.8. The fourth-order valence-electron chi connectivity index (χ4n) is 3.99. The summed E-state index contributed by atoms with van der Waals surface area (Å²) < 4.78 is 40.7. The molecule has 7 nitrogen and oxygen atoms in total. The number of methoxy groups -OCH3 is 1. The molecule has 0 aliphatic carbocycles. The van der Waals surface area contributed by atoms with E-state index in [-0.39, 0.29) is 18.3 Å². The van der Waals surface area contributed by atoms with E-state index in [0.29, 0.717) is 32.0 Å². The zero-order valence-corrected chi connectivity index (χ0v) is 19.2. The van der Waals surface area contributed by atoms with Crippen molar-refractivity contribution in [1.82, 2.24) is 0 Å². The lowest BCUT2D eigenvalue weighted by atomic mass is 9.97. The highest BCUT2D eigenvalue weighted by atomic mass is 16.6. The average molecular weight is 465 g/mol. The first-order valence-corrected chi connectivity index (χ1v) is 11.7. The maximum Gasteiger partial charge on any atom is 0.169 e. The Bertz CT molecular complexity index is 1150. The van der Waals surface area contributed by atoms with E-state index in [0.717, 1.165) is 59.0 Å². The van der Waals surface area contributed by atoms with Crippen LogP contribution in [0.2, 0.25) is 0 Å². The van der Waals surface area contributed by atoms with E-state index >= 15 is 0 Å². The fraction of sp³-hybridized carbons (Fsp3) is 0.407. The van der Waals surface area contributed by atoms with E-state index in [9.17, 15) is 0 Å². The Labute approximate surface area is 198 Å². The Morgan fingerprint density at radius 1 is 0.676 bits per heavy atom. The summed E-state index contributed by atoms with van der Waals surface area (Å²) in [6.45, 7) is 3.63. The van der Waals surface area contributed by atoms with Gasteiger partial charge in [0.25, 0.3) is 0 Å². The molecule has 3 saturated heterocycles. The third-order valence-electron chi connectivity index (χ3n) is 6.16. The largest absolute Gasteiger partial charge is 0.497 e. The second-order valence-electron chi connectivity index (χ2n) is 8.84. The van der Waals surface area contributed by atoms with Crippen molar-refractivity contribution in [2.45, 2.75) is 24.7 Å². The van der Waals surface area contributed by atoms with Crippen LogP contribution in [0.3, 0.4) is 0 Å². The quantitative estimate of drug-likeness (QED) is 0.378. The molecule has 0 radical (unpaired) electrons. The molecule has 3 aromatic rings. The standard InChI is InChI=1S/C27H28O7/c1-28-18-8-6-17(7-9-18)10-24-25(32-14-19-11-29-19)22-4-2-3-5-23(22)26(33-15-20-12-30-20)27(24)34-16-21-13-31-21/h2-9,19-21H,10-16H2,1H3. The van der Waals surface area contributed by atoms with E-state index in [1.54, 1.807) is 7.11 Å². The van der Waals surface area contributed by atoms with Crippen LogP contribution in [-0.2, 0) is 20.6 Å². The Morgan fingerprint density at radius 3 is 1.71 bits per heavy atom. The van der Waals surface area contributed by atoms with Gasteiger partial charge in [-0.25, -0.2) is 0 Å². The van der Waals surface area contributed by atoms with Crippen molar-refractivity contribution in [2.24, 2.45) is 0 Å². The van der Waals surface area contributed by atoms with Gasteiger partial charge in [-0.05, 0) is 17.7 Å². The summed E-state index contributed by atoms with van der Waals surface area (Å²) >= 11 is 0. The summed E-state index contributed by atoms with van der Waals surface area (Å²) in [7, 11) is 1.67. The van der Waals surface area contributed by atoms with Gasteiger partial charge in [-0.3, -0.25) is 0 Å². The second-order valence-corrected chi connectivity index (χ2v) is 8.84. The number of ether oxygens (including phenoxy) is 7. The van der Waals surface area contributed by atoms with Crippen molar-refractivity contribution >= 4 is 10.8 Å². The van der Waals surface area contributed by atoms with Gasteiger partial charge < -0.3 is 33.2 Å². The molecule has 3 unspecified atom stereocenters. The molecular formula is C27H28O7. The van der Waals surface area contributed by atoms with Crippen molar-refractivity contribution in [3.63, 3.8) is 0 Å². The molecule has 3 heterocycles. The van der Waals surface area contributed by atoms with Crippen LogP contribution in [0.15, 0.2) is 48.5 Å². The molecular weight excluding hydrogens is 436 g/mol. The summed E-state index contributed by atoms with van der Waals surface area (Å²) in [6.07, 6.45) is 1.00. The van der Waals surface area contributed by atoms with E-state index in [1.807, 2.05) is 24.3 Å². The number of epoxide rings is 3. The Balaban J connectivity index is 1.46. The summed E-state index contributed by atoms with van der Waals surface area (Å²) in [5.74, 6) is 3.06. The fourth-order valence-corrected chi connectivity index (χ4v) is 3.99. The minimum Gasteiger partial charge on any atom is -0.497 e. The Kier molecular flexibility index (Phi) is 5.91. The predicted molar refractivity (Wildman–Crippen MR) is 125 cm³/mol. The van der Waals surface area contributed by atoms with E-state index in [1.165, 1.54) is 0 Å². The summed E-state index contributed by atoms with van der Waals surface area (Å²) in [6, 6.07) is 16.2. The Morgan fingerprint density at radius 2 is 1.18 bits per heavy atom. The maximum absolute atomic E-state index is 6.41. The lowest BCUT2D eigenvalue weighted by molar-refractivity contribution is 0.225. The van der Waals surface area contributed by atoms with Crippen LogP contribution in [0.4, 0.5) is 0 Å². The average Bonchev–Trinajstić information content (AvgIpc) is 3.71. The lowest BCUT2D eigenvalue weighted by Crippen LogP contribution is -2.13. The smallest absolute Gasteiger partial charge is 0.169 e. The molecule has 7 heteroatoms. The molecule has 0 amide bonds. The van der Waals surface area contributed by atoms with Gasteiger partial charge in [0.15, 0.2) is 11.5 Å². The number of hydrogen-bond donors (Lipinski definition) is 0. The molecule has 3 aromatic carbocycles. The zero-order chi connectivity index (χ0) is 22.9. The van der Waals surface area contributed by atoms with Gasteiger partial charge in [0, 0.05) is 22.8 Å². The maximum atomic E-state index is 6.41. The molecule has 0 spiro atoms. The van der Waals surface area contributed by atoms with Crippen LogP contribution in [0.1, 0.15) is 11.1 Å². The van der Waals surface area contributed by atoms with Crippen LogP contribution in [0.5, 0.6) is 23.0 Å². The first-order valence-electron chi connectivity index (χ1n) is 11.7. The molecule has 3 aliphatic rings.